The fraction of sp³-hybridized carbons (Fsp3) is 0.769. The number of carbonyl (C=O) groups is 1. The minimum absolute atomic E-state index is 0.139. The number of likely N-dealkylation sites (tertiary alicyclic amines) is 1. The number of piperidine rings is 1. The molecule has 1 saturated heterocycles. The molecule has 1 fully saturated rings. The monoisotopic (exact) mass is 239 g/mol. The van der Waals surface area contributed by atoms with Crippen molar-refractivity contribution in [1.82, 2.24) is 4.90 Å². The summed E-state index contributed by atoms with van der Waals surface area (Å²) in [5.41, 5.74) is -0.139. The lowest BCUT2D eigenvalue weighted by Crippen LogP contribution is -2.51. The molecule has 96 valence electrons. The summed E-state index contributed by atoms with van der Waals surface area (Å²) in [5, 5.41) is 10.1. The highest BCUT2D eigenvalue weighted by molar-refractivity contribution is 5.67. The molecule has 1 heterocycles. The summed E-state index contributed by atoms with van der Waals surface area (Å²) in [6.07, 6.45) is 7.13. The van der Waals surface area contributed by atoms with Crippen LogP contribution in [0.4, 0.5) is 4.79 Å². The first-order valence-corrected chi connectivity index (χ1v) is 6.44. The van der Waals surface area contributed by atoms with Gasteiger partial charge in [-0.3, -0.25) is 0 Å². The Labute approximate surface area is 102 Å². The molecule has 4 heteroatoms. The number of hydrogen-bond acceptors (Lipinski definition) is 3. The molecular weight excluding hydrogens is 218 g/mol. The average Bonchev–Trinajstić information content (AvgIpc) is 2.34. The number of allylic oxidation sites excluding steroid dienone is 1. The number of nitrogens with zero attached hydrogens (tertiary/aromatic N) is 1. The molecule has 1 amide bonds. The van der Waals surface area contributed by atoms with Crippen molar-refractivity contribution < 1.29 is 14.6 Å². The number of ether oxygens (including phenoxy) is 1. The van der Waals surface area contributed by atoms with Crippen molar-refractivity contribution in [3.63, 3.8) is 0 Å². The molecule has 1 aliphatic carbocycles. The Morgan fingerprint density at radius 3 is 3.12 bits per heavy atom. The predicted octanol–water partition coefficient (Wildman–Crippen LogP) is 1.94. The van der Waals surface area contributed by atoms with Gasteiger partial charge in [0.05, 0.1) is 12.7 Å². The van der Waals surface area contributed by atoms with Crippen molar-refractivity contribution in [1.29, 1.82) is 0 Å². The Morgan fingerprint density at radius 2 is 2.41 bits per heavy atom. The number of aliphatic hydroxyl groups excluding tert-OH is 1. The van der Waals surface area contributed by atoms with E-state index in [0.29, 0.717) is 13.2 Å². The fourth-order valence-corrected chi connectivity index (χ4v) is 2.92. The van der Waals surface area contributed by atoms with Crippen molar-refractivity contribution in [2.24, 2.45) is 5.41 Å². The van der Waals surface area contributed by atoms with Gasteiger partial charge in [0.15, 0.2) is 0 Å². The molecule has 1 spiro atoms. The lowest BCUT2D eigenvalue weighted by Gasteiger charge is -2.45. The summed E-state index contributed by atoms with van der Waals surface area (Å²) in [6.45, 7) is 3.59. The molecule has 0 saturated carbocycles. The summed E-state index contributed by atoms with van der Waals surface area (Å²) in [4.78, 5) is 13.5. The zero-order valence-electron chi connectivity index (χ0n) is 10.4. The Bertz CT molecular complexity index is 316. The molecule has 17 heavy (non-hydrogen) atoms. The number of rotatable bonds is 1. The topological polar surface area (TPSA) is 49.8 Å². The van der Waals surface area contributed by atoms with Crippen LogP contribution in [-0.4, -0.2) is 41.9 Å². The van der Waals surface area contributed by atoms with E-state index in [1.165, 1.54) is 0 Å². The van der Waals surface area contributed by atoms with Gasteiger partial charge in [0.2, 0.25) is 0 Å². The molecule has 2 rings (SSSR count). The third-order valence-corrected chi connectivity index (χ3v) is 3.89. The van der Waals surface area contributed by atoms with Crippen LogP contribution in [-0.2, 0) is 4.74 Å². The maximum absolute atomic E-state index is 11.7. The van der Waals surface area contributed by atoms with Crippen LogP contribution in [0.3, 0.4) is 0 Å². The summed E-state index contributed by atoms with van der Waals surface area (Å²) in [6, 6.07) is 0. The van der Waals surface area contributed by atoms with Crippen LogP contribution in [0.15, 0.2) is 12.2 Å². The molecule has 1 aliphatic heterocycles. The predicted molar refractivity (Wildman–Crippen MR) is 64.6 cm³/mol. The fourth-order valence-electron chi connectivity index (χ4n) is 2.92. The molecule has 0 unspecified atom stereocenters. The van der Waals surface area contributed by atoms with Crippen LogP contribution < -0.4 is 0 Å². The number of aliphatic hydroxyl groups is 1. The first-order valence-electron chi connectivity index (χ1n) is 6.44. The third-order valence-electron chi connectivity index (χ3n) is 3.89. The van der Waals surface area contributed by atoms with E-state index < -0.39 is 6.10 Å². The van der Waals surface area contributed by atoms with Gasteiger partial charge in [-0.15, -0.1) is 0 Å². The van der Waals surface area contributed by atoms with Gasteiger partial charge in [0.1, 0.15) is 0 Å². The lowest BCUT2D eigenvalue weighted by molar-refractivity contribution is -0.0165. The van der Waals surface area contributed by atoms with Crippen LogP contribution in [0.25, 0.3) is 0 Å². The van der Waals surface area contributed by atoms with Crippen molar-refractivity contribution in [2.45, 2.75) is 38.7 Å². The van der Waals surface area contributed by atoms with Crippen molar-refractivity contribution in [3.05, 3.63) is 12.2 Å². The van der Waals surface area contributed by atoms with Gasteiger partial charge < -0.3 is 14.7 Å². The quantitative estimate of drug-likeness (QED) is 0.711. The molecule has 0 aromatic rings. The highest BCUT2D eigenvalue weighted by atomic mass is 16.6. The molecular formula is C13H21NO3. The molecule has 2 aliphatic rings. The summed E-state index contributed by atoms with van der Waals surface area (Å²) >= 11 is 0. The van der Waals surface area contributed by atoms with Gasteiger partial charge >= 0.3 is 6.09 Å². The molecule has 0 aromatic heterocycles. The minimum Gasteiger partial charge on any atom is -0.450 e. The van der Waals surface area contributed by atoms with Crippen molar-refractivity contribution >= 4 is 6.09 Å². The van der Waals surface area contributed by atoms with Crippen molar-refractivity contribution in [2.75, 3.05) is 19.7 Å². The summed E-state index contributed by atoms with van der Waals surface area (Å²) < 4.78 is 5.04. The zero-order chi connectivity index (χ0) is 12.3. The maximum Gasteiger partial charge on any atom is 0.409 e. The highest BCUT2D eigenvalue weighted by Gasteiger charge is 2.42. The Hall–Kier alpha value is -1.03. The maximum atomic E-state index is 11.7. The van der Waals surface area contributed by atoms with Gasteiger partial charge in [0.25, 0.3) is 0 Å². The Balaban J connectivity index is 2.05. The largest absolute Gasteiger partial charge is 0.450 e. The van der Waals surface area contributed by atoms with E-state index in [9.17, 15) is 9.90 Å². The van der Waals surface area contributed by atoms with E-state index in [0.717, 1.165) is 32.2 Å². The Morgan fingerprint density at radius 1 is 1.59 bits per heavy atom. The molecule has 1 N–H and O–H groups in total. The highest BCUT2D eigenvalue weighted by Crippen LogP contribution is 2.41. The molecule has 4 nitrogen and oxygen atoms in total. The van der Waals surface area contributed by atoms with Crippen LogP contribution in [0, 0.1) is 5.41 Å². The first kappa shape index (κ1) is 12.4. The van der Waals surface area contributed by atoms with E-state index >= 15 is 0 Å². The van der Waals surface area contributed by atoms with Gasteiger partial charge in [-0.2, -0.15) is 0 Å². The molecule has 0 bridgehead atoms. The smallest absolute Gasteiger partial charge is 0.409 e. The number of hydrogen-bond donors (Lipinski definition) is 1. The normalized spacial score (nSPS) is 32.8. The van der Waals surface area contributed by atoms with Crippen LogP contribution in [0.1, 0.15) is 32.6 Å². The second-order valence-electron chi connectivity index (χ2n) is 5.00. The number of carbonyl (C=O) groups excluding carboxylic acids is 1. The third kappa shape index (κ3) is 2.46. The van der Waals surface area contributed by atoms with E-state index in [4.69, 9.17) is 4.74 Å². The average molecular weight is 239 g/mol. The second-order valence-corrected chi connectivity index (χ2v) is 5.00. The van der Waals surface area contributed by atoms with E-state index in [-0.39, 0.29) is 11.5 Å². The second kappa shape index (κ2) is 5.08. The molecule has 0 radical (unpaired) electrons. The SMILES string of the molecule is CCOC(=O)N1CCC[C@]2(CCC=C[C@H]2O)C1. The van der Waals surface area contributed by atoms with E-state index in [1.807, 2.05) is 19.1 Å². The van der Waals surface area contributed by atoms with Gasteiger partial charge in [-0.25, -0.2) is 4.79 Å². The minimum atomic E-state index is -0.423. The standard InChI is InChI=1S/C13H21NO3/c1-2-17-12(16)14-9-5-8-13(10-14)7-4-3-6-11(13)15/h3,6,11,15H,2,4-5,7-10H2,1H3/t11-,13-/m1/s1. The zero-order valence-corrected chi connectivity index (χ0v) is 10.4. The number of amides is 1. The Kier molecular flexibility index (Phi) is 3.72. The van der Waals surface area contributed by atoms with Gasteiger partial charge in [-0.05, 0) is 32.6 Å². The van der Waals surface area contributed by atoms with Crippen LogP contribution in [0.2, 0.25) is 0 Å². The molecule has 0 aromatic carbocycles. The van der Waals surface area contributed by atoms with E-state index in [1.54, 1.807) is 4.90 Å². The van der Waals surface area contributed by atoms with Crippen LogP contribution in [0.5, 0.6) is 0 Å². The lowest BCUT2D eigenvalue weighted by atomic mass is 9.69. The summed E-state index contributed by atoms with van der Waals surface area (Å²) in [5.74, 6) is 0. The first-order chi connectivity index (χ1) is 8.18. The van der Waals surface area contributed by atoms with E-state index in [2.05, 4.69) is 0 Å². The summed E-state index contributed by atoms with van der Waals surface area (Å²) in [7, 11) is 0. The van der Waals surface area contributed by atoms with Crippen molar-refractivity contribution in [3.8, 4) is 0 Å². The van der Waals surface area contributed by atoms with Gasteiger partial charge in [0, 0.05) is 18.5 Å². The van der Waals surface area contributed by atoms with Crippen LogP contribution >= 0.6 is 0 Å². The van der Waals surface area contributed by atoms with Gasteiger partial charge in [-0.1, -0.05) is 12.2 Å². The molecule has 2 atom stereocenters.